The maximum absolute atomic E-state index is 4.54. The SMILES string of the molecule is CC(C)N=CN/C(=C\S)c1ccc(N2CCCC2)nc1. The zero-order chi connectivity index (χ0) is 14.4. The number of thiol groups is 1. The third-order valence-electron chi connectivity index (χ3n) is 3.21. The second kappa shape index (κ2) is 7.33. The number of nitrogens with one attached hydrogen (secondary N) is 1. The van der Waals surface area contributed by atoms with Crippen LogP contribution in [0.15, 0.2) is 28.7 Å². The molecule has 1 aromatic heterocycles. The van der Waals surface area contributed by atoms with Crippen LogP contribution in [0.3, 0.4) is 0 Å². The number of rotatable bonds is 5. The summed E-state index contributed by atoms with van der Waals surface area (Å²) < 4.78 is 0. The zero-order valence-corrected chi connectivity index (χ0v) is 13.0. The number of pyridine rings is 1. The Morgan fingerprint density at radius 2 is 2.15 bits per heavy atom. The molecule has 1 saturated heterocycles. The van der Waals surface area contributed by atoms with Gasteiger partial charge in [0.25, 0.3) is 0 Å². The molecule has 0 aromatic carbocycles. The summed E-state index contributed by atoms with van der Waals surface area (Å²) in [7, 11) is 0. The van der Waals surface area contributed by atoms with Gasteiger partial charge in [-0.25, -0.2) is 4.98 Å². The first-order chi connectivity index (χ1) is 9.70. The molecule has 0 radical (unpaired) electrons. The number of nitrogens with zero attached hydrogens (tertiary/aromatic N) is 3. The number of aromatic nitrogens is 1. The lowest BCUT2D eigenvalue weighted by Gasteiger charge is -2.16. The average molecular weight is 290 g/mol. The van der Waals surface area contributed by atoms with Gasteiger partial charge in [-0.1, -0.05) is 0 Å². The summed E-state index contributed by atoms with van der Waals surface area (Å²) >= 11 is 4.24. The first-order valence-electron chi connectivity index (χ1n) is 7.04. The summed E-state index contributed by atoms with van der Waals surface area (Å²) in [4.78, 5) is 11.1. The van der Waals surface area contributed by atoms with Crippen LogP contribution in [-0.2, 0) is 0 Å². The van der Waals surface area contributed by atoms with Gasteiger partial charge < -0.3 is 10.2 Å². The summed E-state index contributed by atoms with van der Waals surface area (Å²) in [6, 6.07) is 4.41. The quantitative estimate of drug-likeness (QED) is 0.498. The molecule has 1 aliphatic heterocycles. The van der Waals surface area contributed by atoms with Crippen LogP contribution in [0.25, 0.3) is 5.70 Å². The minimum Gasteiger partial charge on any atom is -0.357 e. The molecule has 0 aliphatic carbocycles. The number of aliphatic imine (C=N–C) groups is 1. The van der Waals surface area contributed by atoms with E-state index in [-0.39, 0.29) is 6.04 Å². The molecule has 2 rings (SSSR count). The molecule has 5 heteroatoms. The molecule has 1 fully saturated rings. The van der Waals surface area contributed by atoms with Crippen molar-refractivity contribution >= 4 is 30.5 Å². The van der Waals surface area contributed by atoms with Crippen LogP contribution in [0.1, 0.15) is 32.3 Å². The molecule has 4 nitrogen and oxygen atoms in total. The molecular formula is C15H22N4S. The number of anilines is 1. The van der Waals surface area contributed by atoms with Crippen molar-refractivity contribution in [3.8, 4) is 0 Å². The van der Waals surface area contributed by atoms with Crippen molar-refractivity contribution in [3.63, 3.8) is 0 Å². The maximum atomic E-state index is 4.54. The molecule has 1 aliphatic rings. The lowest BCUT2D eigenvalue weighted by Crippen LogP contribution is -2.19. The molecule has 0 unspecified atom stereocenters. The number of hydrogen-bond acceptors (Lipinski definition) is 4. The van der Waals surface area contributed by atoms with Gasteiger partial charge in [-0.2, -0.15) is 0 Å². The molecular weight excluding hydrogens is 268 g/mol. The lowest BCUT2D eigenvalue weighted by molar-refractivity contribution is 0.836. The van der Waals surface area contributed by atoms with Crippen LogP contribution in [0, 0.1) is 0 Å². The largest absolute Gasteiger partial charge is 0.357 e. The Bertz CT molecular complexity index is 473. The summed E-state index contributed by atoms with van der Waals surface area (Å²) in [5.41, 5.74) is 1.91. The second-order valence-electron chi connectivity index (χ2n) is 5.16. The normalized spacial score (nSPS) is 16.4. The van der Waals surface area contributed by atoms with E-state index in [2.05, 4.69) is 45.0 Å². The fourth-order valence-electron chi connectivity index (χ4n) is 2.13. The minimum atomic E-state index is 0.277. The standard InChI is InChI=1S/C15H22N4S/c1-12(2)17-11-18-14(10-20)13-5-6-15(16-9-13)19-7-3-4-8-19/h5-6,9-12,20H,3-4,7-8H2,1-2H3,(H,17,18)/b14-10-. The highest BCUT2D eigenvalue weighted by molar-refractivity contribution is 7.83. The van der Waals surface area contributed by atoms with E-state index in [9.17, 15) is 0 Å². The van der Waals surface area contributed by atoms with Gasteiger partial charge in [0.15, 0.2) is 0 Å². The van der Waals surface area contributed by atoms with Crippen molar-refractivity contribution in [2.45, 2.75) is 32.7 Å². The van der Waals surface area contributed by atoms with Crippen molar-refractivity contribution in [2.24, 2.45) is 4.99 Å². The smallest absolute Gasteiger partial charge is 0.128 e. The van der Waals surface area contributed by atoms with Gasteiger partial charge in [0.1, 0.15) is 5.82 Å². The van der Waals surface area contributed by atoms with E-state index in [1.54, 1.807) is 11.7 Å². The van der Waals surface area contributed by atoms with Crippen molar-refractivity contribution in [3.05, 3.63) is 29.3 Å². The highest BCUT2D eigenvalue weighted by Gasteiger charge is 2.13. The van der Waals surface area contributed by atoms with Gasteiger partial charge in [-0.05, 0) is 44.2 Å². The van der Waals surface area contributed by atoms with E-state index < -0.39 is 0 Å². The Balaban J connectivity index is 2.03. The van der Waals surface area contributed by atoms with Crippen molar-refractivity contribution in [1.29, 1.82) is 0 Å². The van der Waals surface area contributed by atoms with E-state index in [0.29, 0.717) is 0 Å². The fourth-order valence-corrected chi connectivity index (χ4v) is 2.35. The summed E-state index contributed by atoms with van der Waals surface area (Å²) in [5, 5.41) is 4.88. The molecule has 0 amide bonds. The highest BCUT2D eigenvalue weighted by Crippen LogP contribution is 2.19. The van der Waals surface area contributed by atoms with Gasteiger partial charge in [0.2, 0.25) is 0 Å². The molecule has 0 spiro atoms. The number of hydrogen-bond donors (Lipinski definition) is 2. The Morgan fingerprint density at radius 1 is 1.40 bits per heavy atom. The first kappa shape index (κ1) is 14.9. The second-order valence-corrected chi connectivity index (χ2v) is 5.42. The van der Waals surface area contributed by atoms with Crippen molar-refractivity contribution < 1.29 is 0 Å². The van der Waals surface area contributed by atoms with Crippen LogP contribution in [0.2, 0.25) is 0 Å². The molecule has 1 N–H and O–H groups in total. The highest BCUT2D eigenvalue weighted by atomic mass is 32.1. The van der Waals surface area contributed by atoms with Crippen LogP contribution in [0.5, 0.6) is 0 Å². The van der Waals surface area contributed by atoms with Gasteiger partial charge in [0, 0.05) is 30.9 Å². The topological polar surface area (TPSA) is 40.5 Å². The Hall–Kier alpha value is -1.49. The van der Waals surface area contributed by atoms with E-state index in [1.807, 2.05) is 20.0 Å². The Kier molecular flexibility index (Phi) is 5.47. The molecule has 108 valence electrons. The molecule has 0 atom stereocenters. The summed E-state index contributed by atoms with van der Waals surface area (Å²) in [5.74, 6) is 1.06. The van der Waals surface area contributed by atoms with Gasteiger partial charge in [-0.3, -0.25) is 4.99 Å². The van der Waals surface area contributed by atoms with E-state index in [1.165, 1.54) is 12.8 Å². The van der Waals surface area contributed by atoms with E-state index >= 15 is 0 Å². The summed E-state index contributed by atoms with van der Waals surface area (Å²) in [6.45, 7) is 6.30. The molecule has 20 heavy (non-hydrogen) atoms. The van der Waals surface area contributed by atoms with Gasteiger partial charge in [0.05, 0.1) is 12.0 Å². The molecule has 0 bridgehead atoms. The Labute approximate surface area is 126 Å². The van der Waals surface area contributed by atoms with E-state index in [0.717, 1.165) is 30.2 Å². The first-order valence-corrected chi connectivity index (χ1v) is 7.56. The van der Waals surface area contributed by atoms with Gasteiger partial charge >= 0.3 is 0 Å². The predicted octanol–water partition coefficient (Wildman–Crippen LogP) is 2.94. The minimum absolute atomic E-state index is 0.277. The fraction of sp³-hybridized carbons (Fsp3) is 0.467. The zero-order valence-electron chi connectivity index (χ0n) is 12.1. The van der Waals surface area contributed by atoms with E-state index in [4.69, 9.17) is 0 Å². The third kappa shape index (κ3) is 4.00. The third-order valence-corrected chi connectivity index (χ3v) is 3.47. The van der Waals surface area contributed by atoms with Crippen molar-refractivity contribution in [2.75, 3.05) is 18.0 Å². The molecule has 1 aromatic rings. The van der Waals surface area contributed by atoms with Crippen LogP contribution in [0.4, 0.5) is 5.82 Å². The van der Waals surface area contributed by atoms with Crippen LogP contribution >= 0.6 is 12.6 Å². The Morgan fingerprint density at radius 3 is 2.70 bits per heavy atom. The predicted molar refractivity (Wildman–Crippen MR) is 89.4 cm³/mol. The van der Waals surface area contributed by atoms with Crippen LogP contribution in [-0.4, -0.2) is 30.5 Å². The van der Waals surface area contributed by atoms with Gasteiger partial charge in [-0.15, -0.1) is 12.6 Å². The molecule has 0 saturated carbocycles. The average Bonchev–Trinajstić information content (AvgIpc) is 2.98. The van der Waals surface area contributed by atoms with Crippen molar-refractivity contribution in [1.82, 2.24) is 10.3 Å². The summed E-state index contributed by atoms with van der Waals surface area (Å²) in [6.07, 6.45) is 6.11. The lowest BCUT2D eigenvalue weighted by atomic mass is 10.2. The monoisotopic (exact) mass is 290 g/mol. The van der Waals surface area contributed by atoms with Crippen LogP contribution < -0.4 is 10.2 Å². The molecule has 2 heterocycles. The maximum Gasteiger partial charge on any atom is 0.128 e.